The molecule has 1 aliphatic heterocycles. The highest BCUT2D eigenvalue weighted by Crippen LogP contribution is 2.17. The Morgan fingerprint density at radius 2 is 2.31 bits per heavy atom. The van der Waals surface area contributed by atoms with E-state index < -0.39 is 11.9 Å². The number of imide groups is 1. The summed E-state index contributed by atoms with van der Waals surface area (Å²) in [6, 6.07) is -0.867. The summed E-state index contributed by atoms with van der Waals surface area (Å²) in [6.45, 7) is 1.45. The van der Waals surface area contributed by atoms with Crippen LogP contribution in [-0.2, 0) is 20.0 Å². The number of urea groups is 1. The number of primary amides is 1. The van der Waals surface area contributed by atoms with Crippen molar-refractivity contribution in [3.05, 3.63) is 17.0 Å². The third kappa shape index (κ3) is 1.76. The Morgan fingerprint density at radius 1 is 1.56 bits per heavy atom. The molecule has 3 amide bonds. The second-order valence-corrected chi connectivity index (χ2v) is 3.64. The van der Waals surface area contributed by atoms with Gasteiger partial charge in [0, 0.05) is 37.8 Å². The summed E-state index contributed by atoms with van der Waals surface area (Å²) < 4.78 is 1.67. The predicted molar refractivity (Wildman–Crippen MR) is 55.7 cm³/mol. The van der Waals surface area contributed by atoms with Gasteiger partial charge in [-0.3, -0.25) is 14.8 Å². The normalized spacial score (nSPS) is 14.3. The topological polar surface area (TPSA) is 102 Å². The Bertz CT molecular complexity index is 451. The minimum atomic E-state index is -0.867. The molecule has 0 radical (unpaired) electrons. The van der Waals surface area contributed by atoms with Crippen LogP contribution in [0.5, 0.6) is 0 Å². The Kier molecular flexibility index (Phi) is 2.61. The highest BCUT2D eigenvalue weighted by atomic mass is 16.2. The van der Waals surface area contributed by atoms with E-state index in [1.807, 2.05) is 5.32 Å². The fourth-order valence-electron chi connectivity index (χ4n) is 1.87. The van der Waals surface area contributed by atoms with Crippen LogP contribution >= 0.6 is 0 Å². The third-order valence-electron chi connectivity index (χ3n) is 2.57. The quantitative estimate of drug-likeness (QED) is 0.561. The summed E-state index contributed by atoms with van der Waals surface area (Å²) in [5, 5.41) is 9.27. The second-order valence-electron chi connectivity index (χ2n) is 3.64. The fraction of sp³-hybridized carbons (Fsp3) is 0.444. The van der Waals surface area contributed by atoms with Crippen LogP contribution in [0, 0.1) is 0 Å². The number of carbonyl (C=O) groups excluding carboxylic acids is 2. The maximum Gasteiger partial charge on any atom is 0.319 e. The molecule has 0 aromatic carbocycles. The van der Waals surface area contributed by atoms with E-state index in [0.29, 0.717) is 6.54 Å². The van der Waals surface area contributed by atoms with Gasteiger partial charge in [0.2, 0.25) is 0 Å². The van der Waals surface area contributed by atoms with Crippen molar-refractivity contribution in [2.45, 2.75) is 13.0 Å². The van der Waals surface area contributed by atoms with Gasteiger partial charge in [-0.1, -0.05) is 0 Å². The number of amides is 3. The fourth-order valence-corrected chi connectivity index (χ4v) is 1.87. The van der Waals surface area contributed by atoms with Crippen molar-refractivity contribution < 1.29 is 9.59 Å². The largest absolute Gasteiger partial charge is 0.351 e. The molecule has 1 aromatic heterocycles. The smallest absolute Gasteiger partial charge is 0.319 e. The zero-order valence-corrected chi connectivity index (χ0v) is 8.91. The first-order valence-electron chi connectivity index (χ1n) is 4.96. The molecule has 0 saturated heterocycles. The van der Waals surface area contributed by atoms with Gasteiger partial charge in [-0.25, -0.2) is 4.79 Å². The highest BCUT2D eigenvalue weighted by molar-refractivity contribution is 6.03. The zero-order chi connectivity index (χ0) is 11.7. The Morgan fingerprint density at radius 3 is 3.00 bits per heavy atom. The molecule has 0 fully saturated rings. The van der Waals surface area contributed by atoms with Gasteiger partial charge in [0.25, 0.3) is 5.91 Å². The first-order chi connectivity index (χ1) is 7.59. The Balaban J connectivity index is 2.34. The van der Waals surface area contributed by atoms with Crippen molar-refractivity contribution >= 4 is 11.9 Å². The molecule has 16 heavy (non-hydrogen) atoms. The van der Waals surface area contributed by atoms with E-state index in [9.17, 15) is 9.59 Å². The molecule has 0 unspecified atom stereocenters. The maximum absolute atomic E-state index is 11.6. The molecule has 86 valence electrons. The third-order valence-corrected chi connectivity index (χ3v) is 2.57. The first-order valence-corrected chi connectivity index (χ1v) is 4.96. The van der Waals surface area contributed by atoms with E-state index in [2.05, 4.69) is 10.4 Å². The minimum absolute atomic E-state index is 0.267. The van der Waals surface area contributed by atoms with Crippen LogP contribution in [0.1, 0.15) is 21.7 Å². The number of nitrogens with two attached hydrogens (primary N) is 1. The zero-order valence-electron chi connectivity index (χ0n) is 8.91. The molecule has 1 aromatic rings. The summed E-state index contributed by atoms with van der Waals surface area (Å²) in [6.07, 6.45) is 0.822. The van der Waals surface area contributed by atoms with Crippen LogP contribution in [-0.4, -0.2) is 28.3 Å². The SMILES string of the molecule is Cn1nc(C(=O)NC(N)=O)c2c1CCNC2. The van der Waals surface area contributed by atoms with Gasteiger partial charge >= 0.3 is 6.03 Å². The number of aromatic nitrogens is 2. The number of nitrogens with one attached hydrogen (secondary N) is 2. The van der Waals surface area contributed by atoms with E-state index in [4.69, 9.17) is 5.73 Å². The van der Waals surface area contributed by atoms with Gasteiger partial charge in [-0.15, -0.1) is 0 Å². The number of hydrogen-bond acceptors (Lipinski definition) is 4. The average Bonchev–Trinajstić information content (AvgIpc) is 2.56. The summed E-state index contributed by atoms with van der Waals surface area (Å²) in [4.78, 5) is 22.2. The summed E-state index contributed by atoms with van der Waals surface area (Å²) in [5.41, 5.74) is 7.02. The number of nitrogens with zero attached hydrogens (tertiary/aromatic N) is 2. The highest BCUT2D eigenvalue weighted by Gasteiger charge is 2.23. The Hall–Kier alpha value is -1.89. The van der Waals surface area contributed by atoms with Gasteiger partial charge < -0.3 is 11.1 Å². The lowest BCUT2D eigenvalue weighted by atomic mass is 10.1. The van der Waals surface area contributed by atoms with Gasteiger partial charge in [0.15, 0.2) is 5.69 Å². The second kappa shape index (κ2) is 3.93. The standard InChI is InChI=1S/C9H13N5O2/c1-14-6-2-3-11-4-5(6)7(13-14)8(15)12-9(10)16/h11H,2-4H2,1H3,(H3,10,12,15,16). The van der Waals surface area contributed by atoms with E-state index >= 15 is 0 Å². The van der Waals surface area contributed by atoms with Crippen molar-refractivity contribution in [2.75, 3.05) is 6.54 Å². The van der Waals surface area contributed by atoms with Crippen molar-refractivity contribution in [1.29, 1.82) is 0 Å². The van der Waals surface area contributed by atoms with Crippen LogP contribution in [0.2, 0.25) is 0 Å². The monoisotopic (exact) mass is 223 g/mol. The lowest BCUT2D eigenvalue weighted by molar-refractivity contribution is 0.0959. The lowest BCUT2D eigenvalue weighted by Gasteiger charge is -2.13. The van der Waals surface area contributed by atoms with Crippen molar-refractivity contribution in [3.8, 4) is 0 Å². The molecule has 7 nitrogen and oxygen atoms in total. The number of fused-ring (bicyclic) bond motifs is 1. The summed E-state index contributed by atoms with van der Waals surface area (Å²) in [5.74, 6) is -0.548. The van der Waals surface area contributed by atoms with E-state index in [1.165, 1.54) is 0 Å². The molecule has 7 heteroatoms. The van der Waals surface area contributed by atoms with Crippen LogP contribution in [0.4, 0.5) is 4.79 Å². The van der Waals surface area contributed by atoms with Crippen molar-refractivity contribution in [3.63, 3.8) is 0 Å². The molecule has 1 aliphatic rings. The molecule has 0 aliphatic carbocycles. The van der Waals surface area contributed by atoms with Crippen LogP contribution in [0.25, 0.3) is 0 Å². The van der Waals surface area contributed by atoms with Crippen LogP contribution in [0.3, 0.4) is 0 Å². The van der Waals surface area contributed by atoms with E-state index in [-0.39, 0.29) is 5.69 Å². The van der Waals surface area contributed by atoms with Gasteiger partial charge in [0.05, 0.1) is 0 Å². The Labute approximate surface area is 92.0 Å². The molecule has 0 bridgehead atoms. The first kappa shape index (κ1) is 10.6. The van der Waals surface area contributed by atoms with Crippen LogP contribution in [0.15, 0.2) is 0 Å². The van der Waals surface area contributed by atoms with Crippen LogP contribution < -0.4 is 16.4 Å². The van der Waals surface area contributed by atoms with Gasteiger partial charge in [-0.05, 0) is 0 Å². The maximum atomic E-state index is 11.6. The summed E-state index contributed by atoms with van der Waals surface area (Å²) in [7, 11) is 1.78. The molecule has 0 spiro atoms. The molecular formula is C9H13N5O2. The van der Waals surface area contributed by atoms with Crippen molar-refractivity contribution in [2.24, 2.45) is 12.8 Å². The molecule has 2 rings (SSSR count). The molecule has 0 saturated carbocycles. The van der Waals surface area contributed by atoms with E-state index in [1.54, 1.807) is 11.7 Å². The molecule has 4 N–H and O–H groups in total. The number of aryl methyl sites for hydroxylation is 1. The minimum Gasteiger partial charge on any atom is -0.351 e. The van der Waals surface area contributed by atoms with Gasteiger partial charge in [0.1, 0.15) is 0 Å². The molecule has 0 atom stereocenters. The predicted octanol–water partition coefficient (Wildman–Crippen LogP) is -1.13. The number of carbonyl (C=O) groups is 2. The summed E-state index contributed by atoms with van der Waals surface area (Å²) >= 11 is 0. The molecule has 2 heterocycles. The average molecular weight is 223 g/mol. The lowest BCUT2D eigenvalue weighted by Crippen LogP contribution is -2.36. The molecular weight excluding hydrogens is 210 g/mol. The van der Waals surface area contributed by atoms with Crippen molar-refractivity contribution in [1.82, 2.24) is 20.4 Å². The number of hydrogen-bond donors (Lipinski definition) is 3. The van der Waals surface area contributed by atoms with E-state index in [0.717, 1.165) is 24.2 Å². The van der Waals surface area contributed by atoms with Gasteiger partial charge in [-0.2, -0.15) is 5.10 Å². The number of rotatable bonds is 1.